The molecule has 0 spiro atoms. The van der Waals surface area contributed by atoms with Gasteiger partial charge in [0.15, 0.2) is 0 Å². The first-order valence-corrected chi connectivity index (χ1v) is 4.55. The monoisotopic (exact) mass is 181 g/mol. The number of hydrogen-bond donors (Lipinski definition) is 1. The van der Waals surface area contributed by atoms with Crippen molar-refractivity contribution in [2.24, 2.45) is 5.92 Å². The van der Waals surface area contributed by atoms with Crippen LogP contribution in [-0.2, 0) is 4.79 Å². The summed E-state index contributed by atoms with van der Waals surface area (Å²) in [5, 5.41) is 8.73. The third-order valence-electron chi connectivity index (χ3n) is 2.47. The molecule has 1 saturated heterocycles. The molecule has 1 amide bonds. The second kappa shape index (κ2) is 4.29. The maximum atomic E-state index is 11.4. The fourth-order valence-electron chi connectivity index (χ4n) is 1.61. The zero-order chi connectivity index (χ0) is 9.84. The molecule has 0 saturated carbocycles. The Labute approximate surface area is 78.7 Å². The number of aliphatic hydroxyl groups excluding tert-OH is 1. The van der Waals surface area contributed by atoms with Gasteiger partial charge in [0.05, 0.1) is 0 Å². The van der Waals surface area contributed by atoms with E-state index in [1.54, 1.807) is 4.90 Å². The van der Waals surface area contributed by atoms with Gasteiger partial charge in [0.1, 0.15) is 0 Å². The van der Waals surface area contributed by atoms with E-state index in [-0.39, 0.29) is 24.5 Å². The Morgan fingerprint density at radius 3 is 3.00 bits per heavy atom. The zero-order valence-electron chi connectivity index (χ0n) is 7.86. The first-order valence-electron chi connectivity index (χ1n) is 4.55. The standard InChI is InChI=1S/C10H15NO2/c1-3-9-6-10(13)11(7-9)8(2)4-5-12/h1,8-9,12H,4-7H2,2H3/t8-,9?/m1/s1. The van der Waals surface area contributed by atoms with Gasteiger partial charge in [-0.25, -0.2) is 0 Å². The molecule has 1 rings (SSSR count). The minimum Gasteiger partial charge on any atom is -0.396 e. The van der Waals surface area contributed by atoms with E-state index < -0.39 is 0 Å². The van der Waals surface area contributed by atoms with Gasteiger partial charge in [0, 0.05) is 31.5 Å². The molecule has 13 heavy (non-hydrogen) atoms. The van der Waals surface area contributed by atoms with E-state index in [2.05, 4.69) is 5.92 Å². The fraction of sp³-hybridized carbons (Fsp3) is 0.700. The fourth-order valence-corrected chi connectivity index (χ4v) is 1.61. The van der Waals surface area contributed by atoms with Gasteiger partial charge in [-0.05, 0) is 13.3 Å². The van der Waals surface area contributed by atoms with Crippen molar-refractivity contribution in [2.75, 3.05) is 13.2 Å². The normalized spacial score (nSPS) is 24.5. The summed E-state index contributed by atoms with van der Waals surface area (Å²) < 4.78 is 0. The van der Waals surface area contributed by atoms with Crippen molar-refractivity contribution in [1.29, 1.82) is 0 Å². The summed E-state index contributed by atoms with van der Waals surface area (Å²) in [5.41, 5.74) is 0. The Kier molecular flexibility index (Phi) is 3.32. The largest absolute Gasteiger partial charge is 0.396 e. The summed E-state index contributed by atoms with van der Waals surface area (Å²) >= 11 is 0. The van der Waals surface area contributed by atoms with Crippen LogP contribution in [0.2, 0.25) is 0 Å². The molecule has 1 aliphatic rings. The Morgan fingerprint density at radius 2 is 2.54 bits per heavy atom. The molecule has 2 atom stereocenters. The molecule has 72 valence electrons. The molecule has 1 aliphatic heterocycles. The Morgan fingerprint density at radius 1 is 1.85 bits per heavy atom. The van der Waals surface area contributed by atoms with Crippen LogP contribution < -0.4 is 0 Å². The van der Waals surface area contributed by atoms with Crippen LogP contribution in [0, 0.1) is 18.3 Å². The zero-order valence-corrected chi connectivity index (χ0v) is 7.86. The summed E-state index contributed by atoms with van der Waals surface area (Å²) in [6.07, 6.45) is 6.35. The molecular formula is C10H15NO2. The number of terminal acetylenes is 1. The lowest BCUT2D eigenvalue weighted by atomic mass is 10.1. The summed E-state index contributed by atoms with van der Waals surface area (Å²) in [6, 6.07) is 0.107. The molecule has 0 aromatic carbocycles. The summed E-state index contributed by atoms with van der Waals surface area (Å²) in [5.74, 6) is 2.77. The first kappa shape index (κ1) is 10.1. The number of likely N-dealkylation sites (tertiary alicyclic amines) is 1. The van der Waals surface area contributed by atoms with Crippen LogP contribution in [0.5, 0.6) is 0 Å². The van der Waals surface area contributed by atoms with Crippen molar-refractivity contribution in [3.8, 4) is 12.3 Å². The highest BCUT2D eigenvalue weighted by Gasteiger charge is 2.30. The highest BCUT2D eigenvalue weighted by Crippen LogP contribution is 2.20. The average Bonchev–Trinajstić information content (AvgIpc) is 2.47. The highest BCUT2D eigenvalue weighted by atomic mass is 16.3. The van der Waals surface area contributed by atoms with Crippen molar-refractivity contribution in [1.82, 2.24) is 4.90 Å². The van der Waals surface area contributed by atoms with Crippen molar-refractivity contribution in [3.63, 3.8) is 0 Å². The van der Waals surface area contributed by atoms with E-state index in [0.717, 1.165) is 0 Å². The molecule has 1 heterocycles. The van der Waals surface area contributed by atoms with Crippen molar-refractivity contribution < 1.29 is 9.90 Å². The molecule has 1 fully saturated rings. The second-order valence-corrected chi connectivity index (χ2v) is 3.48. The highest BCUT2D eigenvalue weighted by molar-refractivity contribution is 5.79. The van der Waals surface area contributed by atoms with Gasteiger partial charge in [-0.2, -0.15) is 0 Å². The number of nitrogens with zero attached hydrogens (tertiary/aromatic N) is 1. The lowest BCUT2D eigenvalue weighted by molar-refractivity contribution is -0.129. The summed E-state index contributed by atoms with van der Waals surface area (Å²) in [4.78, 5) is 13.2. The molecule has 1 N–H and O–H groups in total. The van der Waals surface area contributed by atoms with E-state index in [0.29, 0.717) is 19.4 Å². The van der Waals surface area contributed by atoms with Crippen molar-refractivity contribution in [3.05, 3.63) is 0 Å². The number of carbonyl (C=O) groups excluding carboxylic acids is 1. The Hall–Kier alpha value is -1.01. The average molecular weight is 181 g/mol. The van der Waals surface area contributed by atoms with Gasteiger partial charge in [0.25, 0.3) is 0 Å². The van der Waals surface area contributed by atoms with E-state index in [9.17, 15) is 4.79 Å². The lowest BCUT2D eigenvalue weighted by Gasteiger charge is -2.23. The molecule has 0 aromatic rings. The molecule has 1 unspecified atom stereocenters. The summed E-state index contributed by atoms with van der Waals surface area (Å²) in [6.45, 7) is 2.70. The SMILES string of the molecule is C#CC1CC(=O)N([C@H](C)CCO)C1. The van der Waals surface area contributed by atoms with Crippen LogP contribution in [0.25, 0.3) is 0 Å². The minimum atomic E-state index is 0.0636. The number of carbonyl (C=O) groups is 1. The first-order chi connectivity index (χ1) is 6.19. The van der Waals surface area contributed by atoms with Gasteiger partial charge in [-0.3, -0.25) is 4.79 Å². The minimum absolute atomic E-state index is 0.0636. The number of aliphatic hydroxyl groups is 1. The predicted molar refractivity (Wildman–Crippen MR) is 49.8 cm³/mol. The third-order valence-corrected chi connectivity index (χ3v) is 2.47. The number of rotatable bonds is 3. The van der Waals surface area contributed by atoms with Crippen LogP contribution in [0.4, 0.5) is 0 Å². The number of amides is 1. The van der Waals surface area contributed by atoms with Crippen LogP contribution in [0.15, 0.2) is 0 Å². The molecule has 0 aromatic heterocycles. The van der Waals surface area contributed by atoms with Gasteiger partial charge < -0.3 is 10.0 Å². The Bertz CT molecular complexity index is 232. The topological polar surface area (TPSA) is 40.5 Å². The van der Waals surface area contributed by atoms with Gasteiger partial charge in [-0.1, -0.05) is 0 Å². The molecule has 0 bridgehead atoms. The van der Waals surface area contributed by atoms with E-state index in [1.165, 1.54) is 0 Å². The second-order valence-electron chi connectivity index (χ2n) is 3.48. The maximum Gasteiger partial charge on any atom is 0.224 e. The molecule has 3 nitrogen and oxygen atoms in total. The molecule has 0 aliphatic carbocycles. The summed E-state index contributed by atoms with van der Waals surface area (Å²) in [7, 11) is 0. The van der Waals surface area contributed by atoms with Crippen LogP contribution in [0.1, 0.15) is 19.8 Å². The molecule has 0 radical (unpaired) electrons. The molecular weight excluding hydrogens is 166 g/mol. The number of hydrogen-bond acceptors (Lipinski definition) is 2. The van der Waals surface area contributed by atoms with Crippen LogP contribution in [0.3, 0.4) is 0 Å². The smallest absolute Gasteiger partial charge is 0.224 e. The van der Waals surface area contributed by atoms with E-state index in [4.69, 9.17) is 11.5 Å². The van der Waals surface area contributed by atoms with Gasteiger partial charge in [0.2, 0.25) is 5.91 Å². The maximum absolute atomic E-state index is 11.4. The van der Waals surface area contributed by atoms with Gasteiger partial charge in [-0.15, -0.1) is 12.3 Å². The third kappa shape index (κ3) is 2.22. The molecule has 3 heteroatoms. The predicted octanol–water partition coefficient (Wildman–Crippen LogP) is 0.239. The van der Waals surface area contributed by atoms with E-state index in [1.807, 2.05) is 6.92 Å². The van der Waals surface area contributed by atoms with Crippen molar-refractivity contribution >= 4 is 5.91 Å². The van der Waals surface area contributed by atoms with Crippen LogP contribution >= 0.6 is 0 Å². The Balaban J connectivity index is 2.52. The quantitative estimate of drug-likeness (QED) is 0.633. The van der Waals surface area contributed by atoms with Crippen LogP contribution in [-0.4, -0.2) is 35.1 Å². The van der Waals surface area contributed by atoms with Crippen molar-refractivity contribution in [2.45, 2.75) is 25.8 Å². The lowest BCUT2D eigenvalue weighted by Crippen LogP contribution is -2.34. The van der Waals surface area contributed by atoms with E-state index >= 15 is 0 Å². The van der Waals surface area contributed by atoms with Gasteiger partial charge >= 0.3 is 0 Å².